The standard InChI is InChI=1S/C18H26N4O2S/c1-14-11-21-17(25-14)12-22-18(19-2)20-9-4-10-24-13-15-5-7-16(23-3)8-6-15/h5-8,11H,4,9-10,12-13H2,1-3H3,(H2,19,20,22). The van der Waals surface area contributed by atoms with Crippen LogP contribution in [0.3, 0.4) is 0 Å². The first-order valence-corrected chi connectivity index (χ1v) is 9.09. The highest BCUT2D eigenvalue weighted by atomic mass is 32.1. The van der Waals surface area contributed by atoms with Crippen molar-refractivity contribution in [3.8, 4) is 5.75 Å². The van der Waals surface area contributed by atoms with E-state index in [0.717, 1.165) is 35.2 Å². The van der Waals surface area contributed by atoms with Crippen LogP contribution in [0.15, 0.2) is 35.5 Å². The Morgan fingerprint density at radius 1 is 1.24 bits per heavy atom. The monoisotopic (exact) mass is 362 g/mol. The molecule has 0 spiro atoms. The summed E-state index contributed by atoms with van der Waals surface area (Å²) in [4.78, 5) is 9.75. The van der Waals surface area contributed by atoms with Crippen molar-refractivity contribution in [1.82, 2.24) is 15.6 Å². The molecule has 7 heteroatoms. The quantitative estimate of drug-likeness (QED) is 0.408. The predicted octanol–water partition coefficient (Wildman–Crippen LogP) is 2.73. The number of methoxy groups -OCH3 is 1. The minimum absolute atomic E-state index is 0.611. The van der Waals surface area contributed by atoms with Crippen LogP contribution in [0.2, 0.25) is 0 Å². The zero-order valence-corrected chi connectivity index (χ0v) is 15.9. The number of aromatic nitrogens is 1. The second-order valence-electron chi connectivity index (χ2n) is 5.47. The molecule has 6 nitrogen and oxygen atoms in total. The van der Waals surface area contributed by atoms with Crippen LogP contribution in [-0.2, 0) is 17.9 Å². The molecule has 2 N–H and O–H groups in total. The molecule has 0 bridgehead atoms. The molecule has 1 aromatic heterocycles. The summed E-state index contributed by atoms with van der Waals surface area (Å²) in [5, 5.41) is 7.60. The smallest absolute Gasteiger partial charge is 0.191 e. The fourth-order valence-electron chi connectivity index (χ4n) is 2.16. The first kappa shape index (κ1) is 19.2. The van der Waals surface area contributed by atoms with E-state index in [1.54, 1.807) is 25.5 Å². The van der Waals surface area contributed by atoms with Crippen LogP contribution >= 0.6 is 11.3 Å². The minimum Gasteiger partial charge on any atom is -0.497 e. The molecule has 2 aromatic rings. The van der Waals surface area contributed by atoms with Gasteiger partial charge in [-0.25, -0.2) is 4.98 Å². The second kappa shape index (κ2) is 10.7. The molecule has 0 fully saturated rings. The van der Waals surface area contributed by atoms with E-state index in [9.17, 15) is 0 Å². The van der Waals surface area contributed by atoms with Gasteiger partial charge in [0, 0.05) is 31.3 Å². The van der Waals surface area contributed by atoms with E-state index in [1.807, 2.05) is 30.5 Å². The Morgan fingerprint density at radius 2 is 2.04 bits per heavy atom. The maximum atomic E-state index is 5.69. The predicted molar refractivity (Wildman–Crippen MR) is 102 cm³/mol. The van der Waals surface area contributed by atoms with Gasteiger partial charge in [-0.3, -0.25) is 4.99 Å². The Labute approximate surface area is 153 Å². The van der Waals surface area contributed by atoms with Gasteiger partial charge in [-0.2, -0.15) is 0 Å². The van der Waals surface area contributed by atoms with E-state index < -0.39 is 0 Å². The van der Waals surface area contributed by atoms with Crippen LogP contribution in [0.4, 0.5) is 0 Å². The zero-order chi connectivity index (χ0) is 17.9. The van der Waals surface area contributed by atoms with Crippen LogP contribution in [0.5, 0.6) is 5.75 Å². The van der Waals surface area contributed by atoms with Gasteiger partial charge in [-0.15, -0.1) is 11.3 Å². The highest BCUT2D eigenvalue weighted by molar-refractivity contribution is 7.11. The van der Waals surface area contributed by atoms with Gasteiger partial charge in [0.2, 0.25) is 0 Å². The lowest BCUT2D eigenvalue weighted by Gasteiger charge is -2.11. The third-order valence-corrected chi connectivity index (χ3v) is 4.40. The van der Waals surface area contributed by atoms with Crippen LogP contribution in [0.25, 0.3) is 0 Å². The lowest BCUT2D eigenvalue weighted by Crippen LogP contribution is -2.37. The molecule has 136 valence electrons. The van der Waals surface area contributed by atoms with Gasteiger partial charge in [0.15, 0.2) is 5.96 Å². The Balaban J connectivity index is 1.56. The van der Waals surface area contributed by atoms with Crippen molar-refractivity contribution in [1.29, 1.82) is 0 Å². The van der Waals surface area contributed by atoms with Gasteiger partial charge in [0.1, 0.15) is 10.8 Å². The van der Waals surface area contributed by atoms with Crippen molar-refractivity contribution in [2.45, 2.75) is 26.5 Å². The van der Waals surface area contributed by atoms with E-state index >= 15 is 0 Å². The van der Waals surface area contributed by atoms with Gasteiger partial charge in [-0.1, -0.05) is 12.1 Å². The average molecular weight is 362 g/mol. The number of benzene rings is 1. The van der Waals surface area contributed by atoms with Gasteiger partial charge in [-0.05, 0) is 31.0 Å². The fourth-order valence-corrected chi connectivity index (χ4v) is 2.88. The van der Waals surface area contributed by atoms with Crippen molar-refractivity contribution < 1.29 is 9.47 Å². The second-order valence-corrected chi connectivity index (χ2v) is 6.79. The molecule has 2 rings (SSSR count). The average Bonchev–Trinajstić information content (AvgIpc) is 3.06. The molecule has 0 aliphatic rings. The van der Waals surface area contributed by atoms with Crippen molar-refractivity contribution in [3.05, 3.63) is 45.9 Å². The minimum atomic E-state index is 0.611. The maximum Gasteiger partial charge on any atom is 0.191 e. The number of rotatable bonds is 9. The molecular formula is C18H26N4O2S. The number of ether oxygens (including phenoxy) is 2. The molecule has 0 radical (unpaired) electrons. The van der Waals surface area contributed by atoms with Crippen LogP contribution in [0.1, 0.15) is 21.9 Å². The van der Waals surface area contributed by atoms with Gasteiger partial charge >= 0.3 is 0 Å². The van der Waals surface area contributed by atoms with Crippen molar-refractivity contribution >= 4 is 17.3 Å². The summed E-state index contributed by atoms with van der Waals surface area (Å²) >= 11 is 1.69. The molecule has 0 unspecified atom stereocenters. The number of thiazole rings is 1. The van der Waals surface area contributed by atoms with E-state index in [2.05, 4.69) is 27.5 Å². The van der Waals surface area contributed by atoms with E-state index in [0.29, 0.717) is 19.8 Å². The highest BCUT2D eigenvalue weighted by Crippen LogP contribution is 2.12. The summed E-state index contributed by atoms with van der Waals surface area (Å²) in [6.07, 6.45) is 2.80. The summed E-state index contributed by atoms with van der Waals surface area (Å²) in [5.74, 6) is 1.64. The van der Waals surface area contributed by atoms with Crippen molar-refractivity contribution in [2.24, 2.45) is 4.99 Å². The summed E-state index contributed by atoms with van der Waals surface area (Å²) < 4.78 is 10.8. The molecule has 25 heavy (non-hydrogen) atoms. The summed E-state index contributed by atoms with van der Waals surface area (Å²) in [6, 6.07) is 7.92. The first-order valence-electron chi connectivity index (χ1n) is 8.27. The molecule has 1 aromatic carbocycles. The molecular weight excluding hydrogens is 336 g/mol. The third-order valence-electron chi connectivity index (χ3n) is 3.49. The Kier molecular flexibility index (Phi) is 8.21. The number of guanidine groups is 1. The van der Waals surface area contributed by atoms with Crippen molar-refractivity contribution in [3.63, 3.8) is 0 Å². The fraction of sp³-hybridized carbons (Fsp3) is 0.444. The summed E-state index contributed by atoms with van der Waals surface area (Å²) in [7, 11) is 3.43. The molecule has 0 saturated heterocycles. The Bertz CT molecular complexity index is 655. The largest absolute Gasteiger partial charge is 0.497 e. The molecule has 0 atom stereocenters. The third kappa shape index (κ3) is 7.11. The molecule has 1 heterocycles. The number of hydrogen-bond acceptors (Lipinski definition) is 5. The number of aryl methyl sites for hydroxylation is 1. The highest BCUT2D eigenvalue weighted by Gasteiger charge is 2.01. The van der Waals surface area contributed by atoms with E-state index in [1.165, 1.54) is 4.88 Å². The number of nitrogens with one attached hydrogen (secondary N) is 2. The van der Waals surface area contributed by atoms with Crippen LogP contribution in [-0.4, -0.2) is 38.3 Å². The van der Waals surface area contributed by atoms with Gasteiger partial charge < -0.3 is 20.1 Å². The Hall–Kier alpha value is -2.12. The first-order chi connectivity index (χ1) is 12.2. The number of aliphatic imine (C=N–C) groups is 1. The molecule has 0 saturated carbocycles. The molecule has 0 aliphatic heterocycles. The lowest BCUT2D eigenvalue weighted by atomic mass is 10.2. The number of hydrogen-bond donors (Lipinski definition) is 2. The van der Waals surface area contributed by atoms with Gasteiger partial charge in [0.05, 0.1) is 20.3 Å². The topological polar surface area (TPSA) is 67.8 Å². The van der Waals surface area contributed by atoms with Gasteiger partial charge in [0.25, 0.3) is 0 Å². The van der Waals surface area contributed by atoms with Crippen molar-refractivity contribution in [2.75, 3.05) is 27.3 Å². The maximum absolute atomic E-state index is 5.69. The SMILES string of the molecule is CN=C(NCCCOCc1ccc(OC)cc1)NCc1ncc(C)s1. The molecule has 0 amide bonds. The van der Waals surface area contributed by atoms with Crippen LogP contribution < -0.4 is 15.4 Å². The number of nitrogens with zero attached hydrogens (tertiary/aromatic N) is 2. The normalized spacial score (nSPS) is 11.4. The van der Waals surface area contributed by atoms with Crippen LogP contribution in [0, 0.1) is 6.92 Å². The van der Waals surface area contributed by atoms with E-state index in [-0.39, 0.29) is 0 Å². The Morgan fingerprint density at radius 3 is 2.68 bits per heavy atom. The lowest BCUT2D eigenvalue weighted by molar-refractivity contribution is 0.119. The molecule has 0 aliphatic carbocycles. The zero-order valence-electron chi connectivity index (χ0n) is 15.0. The van der Waals surface area contributed by atoms with E-state index in [4.69, 9.17) is 9.47 Å². The summed E-state index contributed by atoms with van der Waals surface area (Å²) in [6.45, 7) is 4.85. The summed E-state index contributed by atoms with van der Waals surface area (Å²) in [5.41, 5.74) is 1.14.